The Labute approximate surface area is 156 Å². The van der Waals surface area contributed by atoms with Crippen LogP contribution in [0, 0.1) is 0 Å². The molecule has 0 saturated carbocycles. The molecule has 26 heavy (non-hydrogen) atoms. The summed E-state index contributed by atoms with van der Waals surface area (Å²) in [5.41, 5.74) is 1.28. The first-order valence-corrected chi connectivity index (χ1v) is 11.2. The Morgan fingerprint density at radius 1 is 0.885 bits per heavy atom. The van der Waals surface area contributed by atoms with Gasteiger partial charge in [-0.15, -0.1) is 0 Å². The third kappa shape index (κ3) is 5.28. The van der Waals surface area contributed by atoms with E-state index in [1.54, 1.807) is 4.31 Å². The van der Waals surface area contributed by atoms with Crippen molar-refractivity contribution in [1.82, 2.24) is 14.1 Å². The molecule has 6 nitrogen and oxygen atoms in total. The summed E-state index contributed by atoms with van der Waals surface area (Å²) in [7, 11) is -3.29. The molecular weight excluding hydrogens is 350 g/mol. The Kier molecular flexibility index (Phi) is 6.67. The quantitative estimate of drug-likeness (QED) is 0.752. The van der Waals surface area contributed by atoms with Crippen LogP contribution in [0.25, 0.3) is 0 Å². The van der Waals surface area contributed by atoms with Gasteiger partial charge >= 0.3 is 0 Å². The number of hydrogen-bond acceptors (Lipinski definition) is 4. The molecule has 7 heteroatoms. The van der Waals surface area contributed by atoms with Gasteiger partial charge in [-0.05, 0) is 18.4 Å². The molecule has 0 spiro atoms. The van der Waals surface area contributed by atoms with E-state index in [0.717, 1.165) is 38.9 Å². The minimum Gasteiger partial charge on any atom is -0.340 e. The lowest BCUT2D eigenvalue weighted by Crippen LogP contribution is -2.48. The van der Waals surface area contributed by atoms with E-state index in [1.807, 2.05) is 23.1 Å². The minimum atomic E-state index is -3.29. The highest BCUT2D eigenvalue weighted by Gasteiger charge is 2.27. The molecule has 2 fully saturated rings. The summed E-state index contributed by atoms with van der Waals surface area (Å²) in [6.07, 6.45) is 3.04. The van der Waals surface area contributed by atoms with E-state index in [1.165, 1.54) is 5.56 Å². The predicted octanol–water partition coefficient (Wildman–Crippen LogP) is 1.54. The van der Waals surface area contributed by atoms with Crippen molar-refractivity contribution in [2.24, 2.45) is 0 Å². The van der Waals surface area contributed by atoms with Gasteiger partial charge in [0.05, 0.1) is 5.75 Å². The zero-order chi connectivity index (χ0) is 18.4. The first-order valence-electron chi connectivity index (χ1n) is 9.56. The number of nitrogens with zero attached hydrogens (tertiary/aromatic N) is 3. The Hall–Kier alpha value is -1.44. The summed E-state index contributed by atoms with van der Waals surface area (Å²) in [6, 6.07) is 10.3. The maximum absolute atomic E-state index is 12.4. The lowest BCUT2D eigenvalue weighted by atomic mass is 10.2. The normalized spacial score (nSPS) is 20.2. The van der Waals surface area contributed by atoms with Crippen LogP contribution < -0.4 is 0 Å². The second-order valence-electron chi connectivity index (χ2n) is 7.17. The van der Waals surface area contributed by atoms with E-state index in [2.05, 4.69) is 17.0 Å². The summed E-state index contributed by atoms with van der Waals surface area (Å²) in [5.74, 6) is -0.0965. The Morgan fingerprint density at radius 3 is 2.19 bits per heavy atom. The predicted molar refractivity (Wildman–Crippen MR) is 102 cm³/mol. The third-order valence-corrected chi connectivity index (χ3v) is 7.13. The van der Waals surface area contributed by atoms with Gasteiger partial charge < -0.3 is 4.90 Å². The van der Waals surface area contributed by atoms with Crippen LogP contribution in [0.2, 0.25) is 0 Å². The number of piperidine rings is 1. The summed E-state index contributed by atoms with van der Waals surface area (Å²) >= 11 is 0. The number of hydrogen-bond donors (Lipinski definition) is 0. The Bertz CT molecular complexity index is 679. The maximum atomic E-state index is 12.4. The maximum Gasteiger partial charge on any atom is 0.223 e. The number of amides is 1. The van der Waals surface area contributed by atoms with Crippen LogP contribution in [-0.2, 0) is 21.4 Å². The average Bonchev–Trinajstić information content (AvgIpc) is 2.68. The van der Waals surface area contributed by atoms with Gasteiger partial charge in [0.2, 0.25) is 15.9 Å². The van der Waals surface area contributed by atoms with Gasteiger partial charge in [0.25, 0.3) is 0 Å². The van der Waals surface area contributed by atoms with Crippen molar-refractivity contribution < 1.29 is 13.2 Å². The van der Waals surface area contributed by atoms with E-state index < -0.39 is 10.0 Å². The highest BCUT2D eigenvalue weighted by atomic mass is 32.2. The second kappa shape index (κ2) is 8.97. The first kappa shape index (κ1) is 19.3. The average molecular weight is 380 g/mol. The molecule has 144 valence electrons. The molecule has 1 aromatic rings. The Morgan fingerprint density at radius 2 is 1.54 bits per heavy atom. The molecule has 0 aliphatic carbocycles. The van der Waals surface area contributed by atoms with Crippen LogP contribution in [-0.4, -0.2) is 73.5 Å². The topological polar surface area (TPSA) is 60.9 Å². The molecule has 0 unspecified atom stereocenters. The number of piperazine rings is 1. The lowest BCUT2D eigenvalue weighted by molar-refractivity contribution is -0.132. The highest BCUT2D eigenvalue weighted by Crippen LogP contribution is 2.15. The van der Waals surface area contributed by atoms with E-state index in [9.17, 15) is 13.2 Å². The molecule has 0 radical (unpaired) electrons. The number of benzene rings is 1. The summed E-state index contributed by atoms with van der Waals surface area (Å²) in [4.78, 5) is 16.6. The van der Waals surface area contributed by atoms with E-state index in [0.29, 0.717) is 26.2 Å². The van der Waals surface area contributed by atoms with Crippen LogP contribution in [0.4, 0.5) is 0 Å². The molecule has 3 rings (SSSR count). The molecule has 0 bridgehead atoms. The van der Waals surface area contributed by atoms with Gasteiger partial charge in [0.1, 0.15) is 0 Å². The number of carbonyl (C=O) groups is 1. The van der Waals surface area contributed by atoms with Crippen molar-refractivity contribution >= 4 is 15.9 Å². The minimum absolute atomic E-state index is 0.0371. The molecule has 0 atom stereocenters. The molecule has 0 aromatic heterocycles. The fraction of sp³-hybridized carbons (Fsp3) is 0.632. The molecular formula is C19H29N3O3S. The van der Waals surface area contributed by atoms with Crippen LogP contribution >= 0.6 is 0 Å². The third-order valence-electron chi connectivity index (χ3n) is 5.26. The van der Waals surface area contributed by atoms with Crippen molar-refractivity contribution in [1.29, 1.82) is 0 Å². The fourth-order valence-corrected chi connectivity index (χ4v) is 5.15. The number of carbonyl (C=O) groups excluding carboxylic acids is 1. The molecule has 0 N–H and O–H groups in total. The highest BCUT2D eigenvalue weighted by molar-refractivity contribution is 7.89. The summed E-state index contributed by atoms with van der Waals surface area (Å²) < 4.78 is 26.3. The zero-order valence-corrected chi connectivity index (χ0v) is 16.2. The number of rotatable bonds is 6. The van der Waals surface area contributed by atoms with E-state index in [-0.39, 0.29) is 18.1 Å². The summed E-state index contributed by atoms with van der Waals surface area (Å²) in [5, 5.41) is 0. The van der Waals surface area contributed by atoms with Gasteiger partial charge in [0, 0.05) is 52.2 Å². The first-order chi connectivity index (χ1) is 12.5. The van der Waals surface area contributed by atoms with Gasteiger partial charge in [-0.1, -0.05) is 36.8 Å². The molecule has 1 aromatic carbocycles. The zero-order valence-electron chi connectivity index (χ0n) is 15.3. The summed E-state index contributed by atoms with van der Waals surface area (Å²) in [6.45, 7) is 5.12. The molecule has 2 aliphatic heterocycles. The standard InChI is InChI=1S/C19H29N3O3S/c23-19(9-16-26(24,25)22-10-5-2-6-11-22)21-14-12-20(13-15-21)17-18-7-3-1-4-8-18/h1,3-4,7-8H,2,5-6,9-17H2. The van der Waals surface area contributed by atoms with Gasteiger partial charge in [-0.2, -0.15) is 0 Å². The van der Waals surface area contributed by atoms with Gasteiger partial charge in [-0.3, -0.25) is 9.69 Å². The lowest BCUT2D eigenvalue weighted by Gasteiger charge is -2.35. The van der Waals surface area contributed by atoms with Crippen LogP contribution in [0.1, 0.15) is 31.2 Å². The number of sulfonamides is 1. The molecule has 2 heterocycles. The van der Waals surface area contributed by atoms with E-state index in [4.69, 9.17) is 0 Å². The van der Waals surface area contributed by atoms with Crippen molar-refractivity contribution in [2.45, 2.75) is 32.2 Å². The second-order valence-corrected chi connectivity index (χ2v) is 9.26. The molecule has 1 amide bonds. The van der Waals surface area contributed by atoms with Crippen molar-refractivity contribution in [3.05, 3.63) is 35.9 Å². The van der Waals surface area contributed by atoms with Gasteiger partial charge in [-0.25, -0.2) is 12.7 Å². The van der Waals surface area contributed by atoms with Crippen molar-refractivity contribution in [3.63, 3.8) is 0 Å². The largest absolute Gasteiger partial charge is 0.340 e. The van der Waals surface area contributed by atoms with E-state index >= 15 is 0 Å². The van der Waals surface area contributed by atoms with Crippen LogP contribution in [0.3, 0.4) is 0 Å². The molecule has 2 aliphatic rings. The smallest absolute Gasteiger partial charge is 0.223 e. The monoisotopic (exact) mass is 379 g/mol. The van der Waals surface area contributed by atoms with Crippen LogP contribution in [0.5, 0.6) is 0 Å². The SMILES string of the molecule is O=C(CCS(=O)(=O)N1CCCCC1)N1CCN(Cc2ccccc2)CC1. The molecule has 2 saturated heterocycles. The Balaban J connectivity index is 1.42. The van der Waals surface area contributed by atoms with Gasteiger partial charge in [0.15, 0.2) is 0 Å². The van der Waals surface area contributed by atoms with Crippen LogP contribution in [0.15, 0.2) is 30.3 Å². The fourth-order valence-electron chi connectivity index (χ4n) is 3.64. The van der Waals surface area contributed by atoms with Crippen molar-refractivity contribution in [3.8, 4) is 0 Å². The van der Waals surface area contributed by atoms with Crippen molar-refractivity contribution in [2.75, 3.05) is 45.0 Å².